The summed E-state index contributed by atoms with van der Waals surface area (Å²) in [7, 11) is 0. The predicted molar refractivity (Wildman–Crippen MR) is 104 cm³/mol. The molecule has 2 aromatic rings. The van der Waals surface area contributed by atoms with E-state index in [0.717, 1.165) is 44.5 Å². The number of amides is 1. The van der Waals surface area contributed by atoms with Gasteiger partial charge in [0, 0.05) is 43.5 Å². The van der Waals surface area contributed by atoms with Crippen molar-refractivity contribution in [1.82, 2.24) is 4.90 Å². The van der Waals surface area contributed by atoms with Gasteiger partial charge < -0.3 is 14.5 Å². The highest BCUT2D eigenvalue weighted by atomic mass is 19.1. The first-order valence-electron chi connectivity index (χ1n) is 9.75. The summed E-state index contributed by atoms with van der Waals surface area (Å²) in [5.74, 6) is -0.873. The molecule has 0 aromatic heterocycles. The molecule has 0 saturated carbocycles. The van der Waals surface area contributed by atoms with Crippen LogP contribution in [-0.4, -0.2) is 50.2 Å². The summed E-state index contributed by atoms with van der Waals surface area (Å²) in [6.07, 6.45) is 1.42. The average Bonchev–Trinajstić information content (AvgIpc) is 3.16. The lowest BCUT2D eigenvalue weighted by Crippen LogP contribution is -2.36. The number of morpholine rings is 1. The number of hydrogen-bond donors (Lipinski definition) is 0. The normalized spacial score (nSPS) is 19.9. The first kappa shape index (κ1) is 18.9. The highest BCUT2D eigenvalue weighted by Crippen LogP contribution is 2.24. The van der Waals surface area contributed by atoms with Crippen molar-refractivity contribution in [2.24, 2.45) is 5.92 Å². The average molecular weight is 386 g/mol. The number of carbonyl (C=O) groups excluding carboxylic acids is 1. The molecule has 6 heteroatoms. The number of nitrogens with zero attached hydrogens (tertiary/aromatic N) is 2. The Kier molecular flexibility index (Phi) is 5.57. The van der Waals surface area contributed by atoms with Crippen LogP contribution >= 0.6 is 0 Å². The third kappa shape index (κ3) is 4.33. The monoisotopic (exact) mass is 386 g/mol. The van der Waals surface area contributed by atoms with Gasteiger partial charge in [0.05, 0.1) is 13.2 Å². The molecule has 0 aliphatic carbocycles. The van der Waals surface area contributed by atoms with E-state index in [1.165, 1.54) is 12.1 Å². The lowest BCUT2D eigenvalue weighted by atomic mass is 9.98. The molecule has 0 bridgehead atoms. The molecule has 2 aromatic carbocycles. The first-order chi connectivity index (χ1) is 13.6. The molecule has 4 nitrogen and oxygen atoms in total. The van der Waals surface area contributed by atoms with E-state index in [1.807, 2.05) is 29.2 Å². The molecule has 2 aliphatic heterocycles. The largest absolute Gasteiger partial charge is 0.378 e. The minimum atomic E-state index is -0.554. The fourth-order valence-electron chi connectivity index (χ4n) is 4.06. The van der Waals surface area contributed by atoms with Crippen LogP contribution in [0.1, 0.15) is 22.3 Å². The number of carbonyl (C=O) groups is 1. The summed E-state index contributed by atoms with van der Waals surface area (Å²) >= 11 is 0. The molecule has 4 rings (SSSR count). The standard InChI is InChI=1S/C22H24F2N2O2/c23-19-12-17(13-20(24)14-19)11-16-5-6-26(15-16)22(27)18-1-3-21(4-2-18)25-7-9-28-10-8-25/h1-4,12-14,16H,5-11,15H2. The van der Waals surface area contributed by atoms with Gasteiger partial charge in [0.25, 0.3) is 5.91 Å². The molecule has 1 unspecified atom stereocenters. The van der Waals surface area contributed by atoms with Gasteiger partial charge in [-0.3, -0.25) is 4.79 Å². The minimum Gasteiger partial charge on any atom is -0.378 e. The maximum atomic E-state index is 13.4. The smallest absolute Gasteiger partial charge is 0.253 e. The third-order valence-electron chi connectivity index (χ3n) is 5.51. The quantitative estimate of drug-likeness (QED) is 0.806. The van der Waals surface area contributed by atoms with E-state index in [9.17, 15) is 13.6 Å². The third-order valence-corrected chi connectivity index (χ3v) is 5.51. The zero-order chi connectivity index (χ0) is 19.5. The Bertz CT molecular complexity index is 815. The number of likely N-dealkylation sites (tertiary alicyclic amines) is 1. The summed E-state index contributed by atoms with van der Waals surface area (Å²) in [5.41, 5.74) is 2.42. The van der Waals surface area contributed by atoms with Gasteiger partial charge in [0.2, 0.25) is 0 Å². The Hall–Kier alpha value is -2.47. The molecular formula is C22H24F2N2O2. The zero-order valence-electron chi connectivity index (χ0n) is 15.7. The molecule has 0 N–H and O–H groups in total. The molecule has 2 aliphatic rings. The van der Waals surface area contributed by atoms with Gasteiger partial charge in [-0.05, 0) is 60.7 Å². The van der Waals surface area contributed by atoms with Gasteiger partial charge in [0.15, 0.2) is 0 Å². The summed E-state index contributed by atoms with van der Waals surface area (Å²) in [5, 5.41) is 0. The Morgan fingerprint density at radius 3 is 2.36 bits per heavy atom. The lowest BCUT2D eigenvalue weighted by molar-refractivity contribution is 0.0787. The topological polar surface area (TPSA) is 32.8 Å². The molecule has 1 atom stereocenters. The van der Waals surface area contributed by atoms with Crippen molar-refractivity contribution in [2.45, 2.75) is 12.8 Å². The molecule has 1 amide bonds. The summed E-state index contributed by atoms with van der Waals surface area (Å²) in [6.45, 7) is 4.47. The highest BCUT2D eigenvalue weighted by Gasteiger charge is 2.27. The molecule has 2 heterocycles. The fourth-order valence-corrected chi connectivity index (χ4v) is 4.06. The molecule has 2 fully saturated rings. The van der Waals surface area contributed by atoms with Gasteiger partial charge in [-0.15, -0.1) is 0 Å². The van der Waals surface area contributed by atoms with Gasteiger partial charge in [-0.1, -0.05) is 0 Å². The maximum Gasteiger partial charge on any atom is 0.253 e. The van der Waals surface area contributed by atoms with E-state index in [1.54, 1.807) is 0 Å². The van der Waals surface area contributed by atoms with Crippen LogP contribution in [0.15, 0.2) is 42.5 Å². The van der Waals surface area contributed by atoms with Crippen molar-refractivity contribution in [3.63, 3.8) is 0 Å². The second kappa shape index (κ2) is 8.27. The highest BCUT2D eigenvalue weighted by molar-refractivity contribution is 5.94. The molecular weight excluding hydrogens is 362 g/mol. The van der Waals surface area contributed by atoms with Crippen molar-refractivity contribution in [2.75, 3.05) is 44.3 Å². The number of rotatable bonds is 4. The van der Waals surface area contributed by atoms with Crippen molar-refractivity contribution >= 4 is 11.6 Å². The van der Waals surface area contributed by atoms with Crippen LogP contribution in [0.4, 0.5) is 14.5 Å². The van der Waals surface area contributed by atoms with Crippen molar-refractivity contribution in [1.29, 1.82) is 0 Å². The van der Waals surface area contributed by atoms with Crippen LogP contribution in [0.5, 0.6) is 0 Å². The number of anilines is 1. The number of hydrogen-bond acceptors (Lipinski definition) is 3. The second-order valence-electron chi connectivity index (χ2n) is 7.53. The van der Waals surface area contributed by atoms with Crippen LogP contribution in [0.25, 0.3) is 0 Å². The van der Waals surface area contributed by atoms with Crippen LogP contribution in [0.3, 0.4) is 0 Å². The fraction of sp³-hybridized carbons (Fsp3) is 0.409. The number of benzene rings is 2. The van der Waals surface area contributed by atoms with E-state index >= 15 is 0 Å². The SMILES string of the molecule is O=C(c1ccc(N2CCOCC2)cc1)N1CCC(Cc2cc(F)cc(F)c2)C1. The van der Waals surface area contributed by atoms with Crippen molar-refractivity contribution < 1.29 is 18.3 Å². The van der Waals surface area contributed by atoms with Crippen LogP contribution < -0.4 is 4.90 Å². The van der Waals surface area contributed by atoms with E-state index in [-0.39, 0.29) is 11.8 Å². The summed E-state index contributed by atoms with van der Waals surface area (Å²) in [6, 6.07) is 11.4. The maximum absolute atomic E-state index is 13.4. The zero-order valence-corrected chi connectivity index (χ0v) is 15.7. The second-order valence-corrected chi connectivity index (χ2v) is 7.53. The molecule has 2 saturated heterocycles. The minimum absolute atomic E-state index is 0.0152. The van der Waals surface area contributed by atoms with Gasteiger partial charge in [-0.2, -0.15) is 0 Å². The first-order valence-corrected chi connectivity index (χ1v) is 9.75. The molecule has 0 radical (unpaired) electrons. The summed E-state index contributed by atoms with van der Waals surface area (Å²) in [4.78, 5) is 16.9. The lowest BCUT2D eigenvalue weighted by Gasteiger charge is -2.29. The molecule has 148 valence electrons. The van der Waals surface area contributed by atoms with E-state index in [2.05, 4.69) is 4.90 Å². The Balaban J connectivity index is 1.36. The van der Waals surface area contributed by atoms with Crippen LogP contribution in [-0.2, 0) is 11.2 Å². The van der Waals surface area contributed by atoms with E-state index < -0.39 is 11.6 Å². The Morgan fingerprint density at radius 2 is 1.68 bits per heavy atom. The van der Waals surface area contributed by atoms with Gasteiger partial charge in [0.1, 0.15) is 11.6 Å². The predicted octanol–water partition coefficient (Wildman–Crippen LogP) is 3.51. The van der Waals surface area contributed by atoms with Crippen LogP contribution in [0.2, 0.25) is 0 Å². The molecule has 0 spiro atoms. The van der Waals surface area contributed by atoms with Crippen molar-refractivity contribution in [3.8, 4) is 0 Å². The van der Waals surface area contributed by atoms with Crippen LogP contribution in [0, 0.1) is 17.6 Å². The number of ether oxygens (including phenoxy) is 1. The Morgan fingerprint density at radius 1 is 1.00 bits per heavy atom. The van der Waals surface area contributed by atoms with E-state index in [4.69, 9.17) is 4.74 Å². The number of halogens is 2. The van der Waals surface area contributed by atoms with Gasteiger partial charge in [-0.25, -0.2) is 8.78 Å². The van der Waals surface area contributed by atoms with E-state index in [0.29, 0.717) is 30.6 Å². The molecule has 28 heavy (non-hydrogen) atoms. The van der Waals surface area contributed by atoms with Crippen molar-refractivity contribution in [3.05, 3.63) is 65.2 Å². The van der Waals surface area contributed by atoms with Gasteiger partial charge >= 0.3 is 0 Å². The Labute approximate surface area is 163 Å². The summed E-state index contributed by atoms with van der Waals surface area (Å²) < 4.78 is 32.1.